The molecule has 6 nitrogen and oxygen atoms in total. The second kappa shape index (κ2) is 6.33. The number of hydrogen-bond acceptors (Lipinski definition) is 4. The quantitative estimate of drug-likeness (QED) is 0.335. The summed E-state index contributed by atoms with van der Waals surface area (Å²) >= 11 is 0. The van der Waals surface area contributed by atoms with Crippen LogP contribution in [0.2, 0.25) is 0 Å². The molecule has 0 spiro atoms. The highest BCUT2D eigenvalue weighted by Gasteiger charge is 2.05. The van der Waals surface area contributed by atoms with Gasteiger partial charge in [0, 0.05) is 24.5 Å². The van der Waals surface area contributed by atoms with Crippen LogP contribution >= 0.6 is 0 Å². The Morgan fingerprint density at radius 2 is 2.00 bits per heavy atom. The molecule has 2 aromatic rings. The number of nitrogens with two attached hydrogens (primary N) is 1. The van der Waals surface area contributed by atoms with E-state index in [0.717, 1.165) is 5.56 Å². The number of carbonyl (C=O) groups is 1. The number of carbonyl (C=O) groups excluding carboxylic acids is 1. The third-order valence-electron chi connectivity index (χ3n) is 2.73. The third-order valence-corrected chi connectivity index (χ3v) is 2.73. The molecule has 2 rings (SSSR count). The largest absolute Gasteiger partial charge is 0.409 e. The van der Waals surface area contributed by atoms with Crippen molar-refractivity contribution in [2.75, 3.05) is 0 Å². The van der Waals surface area contributed by atoms with E-state index in [1.54, 1.807) is 42.6 Å². The van der Waals surface area contributed by atoms with Crippen LogP contribution in [0.3, 0.4) is 0 Å². The van der Waals surface area contributed by atoms with Crippen molar-refractivity contribution in [2.24, 2.45) is 10.9 Å². The minimum atomic E-state index is -0.182. The predicted molar refractivity (Wildman–Crippen MR) is 74.4 cm³/mol. The maximum atomic E-state index is 11.8. The van der Waals surface area contributed by atoms with Crippen molar-refractivity contribution < 1.29 is 10.0 Å². The average Bonchev–Trinajstić information content (AvgIpc) is 2.53. The molecule has 1 aromatic carbocycles. The lowest BCUT2D eigenvalue weighted by Crippen LogP contribution is -2.23. The Bertz CT molecular complexity index is 609. The van der Waals surface area contributed by atoms with Crippen LogP contribution in [-0.4, -0.2) is 21.9 Å². The van der Waals surface area contributed by atoms with Crippen molar-refractivity contribution in [3.8, 4) is 0 Å². The van der Waals surface area contributed by atoms with Crippen molar-refractivity contribution in [1.82, 2.24) is 10.3 Å². The van der Waals surface area contributed by atoms with Gasteiger partial charge in [0.1, 0.15) is 0 Å². The molecule has 0 bridgehead atoms. The molecule has 6 heteroatoms. The van der Waals surface area contributed by atoms with Crippen molar-refractivity contribution in [1.29, 1.82) is 0 Å². The van der Waals surface area contributed by atoms with Crippen molar-refractivity contribution in [3.05, 3.63) is 65.5 Å². The van der Waals surface area contributed by atoms with E-state index in [1.807, 2.05) is 0 Å². The van der Waals surface area contributed by atoms with Crippen LogP contribution in [0.15, 0.2) is 53.9 Å². The van der Waals surface area contributed by atoms with Crippen molar-refractivity contribution in [2.45, 2.75) is 6.54 Å². The zero-order valence-corrected chi connectivity index (χ0v) is 10.7. The van der Waals surface area contributed by atoms with Crippen LogP contribution in [0.25, 0.3) is 0 Å². The highest BCUT2D eigenvalue weighted by atomic mass is 16.4. The van der Waals surface area contributed by atoms with Gasteiger partial charge in [-0.1, -0.05) is 29.4 Å². The highest BCUT2D eigenvalue weighted by molar-refractivity contribution is 5.97. The van der Waals surface area contributed by atoms with Gasteiger partial charge < -0.3 is 16.3 Å². The second-order valence-corrected chi connectivity index (χ2v) is 4.11. The molecular formula is C14H14N4O2. The molecule has 1 heterocycles. The van der Waals surface area contributed by atoms with E-state index in [2.05, 4.69) is 15.5 Å². The number of amidine groups is 1. The molecule has 20 heavy (non-hydrogen) atoms. The topological polar surface area (TPSA) is 101 Å². The van der Waals surface area contributed by atoms with Gasteiger partial charge >= 0.3 is 0 Å². The summed E-state index contributed by atoms with van der Waals surface area (Å²) in [5.74, 6) is -0.130. The maximum Gasteiger partial charge on any atom is 0.253 e. The van der Waals surface area contributed by atoms with Crippen LogP contribution in [0.4, 0.5) is 0 Å². The Labute approximate surface area is 115 Å². The van der Waals surface area contributed by atoms with E-state index in [4.69, 9.17) is 10.9 Å². The third kappa shape index (κ3) is 3.32. The van der Waals surface area contributed by atoms with Crippen molar-refractivity contribution in [3.63, 3.8) is 0 Å². The molecule has 0 radical (unpaired) electrons. The number of amides is 1. The standard InChI is InChI=1S/C14H14N4O2/c15-13(18-20)11-5-3-10(4-6-11)8-17-14(19)12-2-1-7-16-9-12/h1-7,9,20H,8H2,(H2,15,18)(H,17,19). The maximum absolute atomic E-state index is 11.8. The zero-order chi connectivity index (χ0) is 14.4. The summed E-state index contributed by atoms with van der Waals surface area (Å²) in [4.78, 5) is 15.7. The normalized spacial score (nSPS) is 11.1. The molecule has 0 fully saturated rings. The summed E-state index contributed by atoms with van der Waals surface area (Å²) in [6, 6.07) is 10.5. The van der Waals surface area contributed by atoms with E-state index < -0.39 is 0 Å². The Morgan fingerprint density at radius 1 is 1.25 bits per heavy atom. The number of benzene rings is 1. The van der Waals surface area contributed by atoms with E-state index >= 15 is 0 Å². The fourth-order valence-electron chi connectivity index (χ4n) is 1.63. The summed E-state index contributed by atoms with van der Waals surface area (Å²) in [6.45, 7) is 0.393. The van der Waals surface area contributed by atoms with Gasteiger partial charge in [0.25, 0.3) is 5.91 Å². The highest BCUT2D eigenvalue weighted by Crippen LogP contribution is 2.05. The Morgan fingerprint density at radius 3 is 2.60 bits per heavy atom. The molecular weight excluding hydrogens is 256 g/mol. The summed E-state index contributed by atoms with van der Waals surface area (Å²) in [5, 5.41) is 14.3. The molecule has 4 N–H and O–H groups in total. The molecule has 0 unspecified atom stereocenters. The second-order valence-electron chi connectivity index (χ2n) is 4.11. The molecule has 102 valence electrons. The van der Waals surface area contributed by atoms with Gasteiger partial charge in [0.05, 0.1) is 5.56 Å². The fraction of sp³-hybridized carbons (Fsp3) is 0.0714. The Balaban J connectivity index is 1.96. The summed E-state index contributed by atoms with van der Waals surface area (Å²) in [6.07, 6.45) is 3.12. The van der Waals surface area contributed by atoms with Crippen LogP contribution in [0.1, 0.15) is 21.5 Å². The first-order chi connectivity index (χ1) is 9.70. The molecule has 0 saturated carbocycles. The van der Waals surface area contributed by atoms with Crippen LogP contribution in [0, 0.1) is 0 Å². The first kappa shape index (κ1) is 13.5. The van der Waals surface area contributed by atoms with E-state index in [0.29, 0.717) is 17.7 Å². The van der Waals surface area contributed by atoms with Gasteiger partial charge in [-0.25, -0.2) is 0 Å². The number of pyridine rings is 1. The zero-order valence-electron chi connectivity index (χ0n) is 10.7. The van der Waals surface area contributed by atoms with Gasteiger partial charge in [-0.05, 0) is 17.7 Å². The molecule has 0 aliphatic heterocycles. The van der Waals surface area contributed by atoms with Gasteiger partial charge in [0.2, 0.25) is 0 Å². The fourth-order valence-corrected chi connectivity index (χ4v) is 1.63. The van der Waals surface area contributed by atoms with Gasteiger partial charge in [-0.2, -0.15) is 0 Å². The van der Waals surface area contributed by atoms with Gasteiger partial charge in [0.15, 0.2) is 5.84 Å². The monoisotopic (exact) mass is 270 g/mol. The van der Waals surface area contributed by atoms with Crippen molar-refractivity contribution >= 4 is 11.7 Å². The van der Waals surface area contributed by atoms with Crippen LogP contribution < -0.4 is 11.1 Å². The van der Waals surface area contributed by atoms with E-state index in [9.17, 15) is 4.79 Å². The first-order valence-electron chi connectivity index (χ1n) is 5.96. The lowest BCUT2D eigenvalue weighted by molar-refractivity contribution is 0.0950. The first-order valence-corrected chi connectivity index (χ1v) is 5.96. The lowest BCUT2D eigenvalue weighted by atomic mass is 10.1. The smallest absolute Gasteiger partial charge is 0.253 e. The Kier molecular flexibility index (Phi) is 4.28. The number of rotatable bonds is 4. The molecule has 1 aromatic heterocycles. The van der Waals surface area contributed by atoms with Gasteiger partial charge in [-0.3, -0.25) is 9.78 Å². The number of oxime groups is 1. The predicted octanol–water partition coefficient (Wildman–Crippen LogP) is 1.11. The lowest BCUT2D eigenvalue weighted by Gasteiger charge is -2.06. The van der Waals surface area contributed by atoms with E-state index in [-0.39, 0.29) is 11.7 Å². The molecule has 0 saturated heterocycles. The molecule has 0 aliphatic carbocycles. The number of aromatic nitrogens is 1. The van der Waals surface area contributed by atoms with Gasteiger partial charge in [-0.15, -0.1) is 0 Å². The average molecular weight is 270 g/mol. The van der Waals surface area contributed by atoms with E-state index in [1.165, 1.54) is 6.20 Å². The summed E-state index contributed by atoms with van der Waals surface area (Å²) in [7, 11) is 0. The summed E-state index contributed by atoms with van der Waals surface area (Å²) in [5.41, 5.74) is 7.51. The summed E-state index contributed by atoms with van der Waals surface area (Å²) < 4.78 is 0. The Hall–Kier alpha value is -2.89. The number of hydrogen-bond donors (Lipinski definition) is 3. The SMILES string of the molecule is NC(=NO)c1ccc(CNC(=O)c2cccnc2)cc1. The molecule has 1 amide bonds. The van der Waals surface area contributed by atoms with Crippen LogP contribution in [-0.2, 0) is 6.54 Å². The van der Waals surface area contributed by atoms with Crippen LogP contribution in [0.5, 0.6) is 0 Å². The molecule has 0 atom stereocenters. The minimum absolute atomic E-state index is 0.0518. The number of nitrogens with one attached hydrogen (secondary N) is 1. The molecule has 0 aliphatic rings. The number of nitrogens with zero attached hydrogens (tertiary/aromatic N) is 2. The minimum Gasteiger partial charge on any atom is -0.409 e.